The molecule has 0 atom stereocenters. The van der Waals surface area contributed by atoms with Crippen molar-refractivity contribution < 1.29 is 21.6 Å². The maximum absolute atomic E-state index is 13.2. The zero-order valence-electron chi connectivity index (χ0n) is 19.0. The number of hydrogen-bond donors (Lipinski definition) is 1. The highest BCUT2D eigenvalue weighted by Gasteiger charge is 2.28. The molecule has 0 radical (unpaired) electrons. The summed E-state index contributed by atoms with van der Waals surface area (Å²) in [5.74, 6) is -0.162. The lowest BCUT2D eigenvalue weighted by molar-refractivity contribution is 0.149. The first kappa shape index (κ1) is 24.4. The molecule has 12 heteroatoms. The molecule has 36 heavy (non-hydrogen) atoms. The molecule has 4 aromatic rings. The largest absolute Gasteiger partial charge is 0.359 e. The van der Waals surface area contributed by atoms with Crippen LogP contribution < -0.4 is 9.03 Å². The summed E-state index contributed by atoms with van der Waals surface area (Å²) in [4.78, 5) is 8.60. The fraction of sp³-hybridized carbons (Fsp3) is 0.167. The minimum Gasteiger partial charge on any atom is -0.359 e. The van der Waals surface area contributed by atoms with Crippen molar-refractivity contribution in [3.8, 4) is 11.3 Å². The minimum absolute atomic E-state index is 0.105. The molecule has 1 aliphatic rings. The molecule has 186 valence electrons. The van der Waals surface area contributed by atoms with Gasteiger partial charge in [0.05, 0.1) is 34.3 Å². The Balaban J connectivity index is 1.45. The Hall–Kier alpha value is -3.25. The Kier molecular flexibility index (Phi) is 6.33. The van der Waals surface area contributed by atoms with Gasteiger partial charge in [0.15, 0.2) is 0 Å². The number of hydrogen-bond acceptors (Lipinski definition) is 7. The van der Waals surface area contributed by atoms with Gasteiger partial charge in [0.25, 0.3) is 10.0 Å². The van der Waals surface area contributed by atoms with E-state index in [1.165, 1.54) is 18.2 Å². The van der Waals surface area contributed by atoms with Crippen LogP contribution in [-0.4, -0.2) is 45.9 Å². The van der Waals surface area contributed by atoms with Crippen molar-refractivity contribution in [1.29, 1.82) is 0 Å². The van der Waals surface area contributed by atoms with Gasteiger partial charge in [-0.2, -0.15) is 0 Å². The summed E-state index contributed by atoms with van der Waals surface area (Å²) in [6, 6.07) is 14.7. The molecule has 2 aromatic carbocycles. The third-order valence-electron chi connectivity index (χ3n) is 5.78. The van der Waals surface area contributed by atoms with Crippen LogP contribution in [0.2, 0.25) is 5.02 Å². The summed E-state index contributed by atoms with van der Waals surface area (Å²) in [6.07, 6.45) is 3.39. The van der Waals surface area contributed by atoms with Crippen molar-refractivity contribution in [1.82, 2.24) is 9.97 Å². The first-order valence-corrected chi connectivity index (χ1v) is 14.3. The maximum atomic E-state index is 13.2. The molecule has 0 unspecified atom stereocenters. The van der Waals surface area contributed by atoms with Gasteiger partial charge in [-0.1, -0.05) is 17.7 Å². The molecule has 0 aliphatic carbocycles. The van der Waals surface area contributed by atoms with E-state index in [4.69, 9.17) is 16.3 Å². The van der Waals surface area contributed by atoms with Gasteiger partial charge in [-0.25, -0.2) is 26.1 Å². The smallest absolute Gasteiger partial charge is 0.263 e. The van der Waals surface area contributed by atoms with Crippen molar-refractivity contribution in [3.63, 3.8) is 0 Å². The lowest BCUT2D eigenvalue weighted by atomic mass is 10.0. The standard InChI is InChI=1S/C24H21ClN4O5S2/c1-16-2-4-18(12-20(16)23-6-3-17-14-26-9-8-22(17)27-23)28-36(32,33)24-7-5-19(13-21(24)25)29-15-34-10-11-35(29,30)31/h2-9,12-14,28H,10-11,15H2,1H3. The number of anilines is 2. The van der Waals surface area contributed by atoms with E-state index in [1.54, 1.807) is 30.6 Å². The van der Waals surface area contributed by atoms with Crippen LogP contribution in [0.15, 0.2) is 71.9 Å². The lowest BCUT2D eigenvalue weighted by Gasteiger charge is -2.28. The topological polar surface area (TPSA) is 119 Å². The summed E-state index contributed by atoms with van der Waals surface area (Å²) in [5, 5.41) is 0.788. The average Bonchev–Trinajstić information content (AvgIpc) is 2.84. The molecular formula is C24H21ClN4O5S2. The first-order chi connectivity index (χ1) is 17.1. The van der Waals surface area contributed by atoms with Crippen LogP contribution in [0.5, 0.6) is 0 Å². The number of aryl methyl sites for hydroxylation is 1. The van der Waals surface area contributed by atoms with Gasteiger partial charge in [0.1, 0.15) is 11.6 Å². The van der Waals surface area contributed by atoms with E-state index < -0.39 is 20.0 Å². The SMILES string of the molecule is Cc1ccc(NS(=O)(=O)c2ccc(N3COCCS3(=O)=O)cc2Cl)cc1-c1ccc2cnccc2n1. The van der Waals surface area contributed by atoms with E-state index in [9.17, 15) is 16.8 Å². The second kappa shape index (κ2) is 9.32. The molecule has 2 aromatic heterocycles. The number of nitrogens with one attached hydrogen (secondary N) is 1. The van der Waals surface area contributed by atoms with Crippen molar-refractivity contribution in [3.05, 3.63) is 77.6 Å². The average molecular weight is 545 g/mol. The number of nitrogens with zero attached hydrogens (tertiary/aromatic N) is 3. The third kappa shape index (κ3) is 4.74. The van der Waals surface area contributed by atoms with Crippen molar-refractivity contribution >= 4 is 53.9 Å². The van der Waals surface area contributed by atoms with Gasteiger partial charge in [-0.3, -0.25) is 9.71 Å². The number of benzene rings is 2. The van der Waals surface area contributed by atoms with Crippen LogP contribution in [0.1, 0.15) is 5.56 Å². The molecule has 1 saturated heterocycles. The van der Waals surface area contributed by atoms with Crippen LogP contribution in [0.4, 0.5) is 11.4 Å². The maximum Gasteiger partial charge on any atom is 0.263 e. The van der Waals surface area contributed by atoms with Gasteiger partial charge < -0.3 is 4.74 Å². The number of halogens is 1. The Labute approximate surface area is 213 Å². The number of aromatic nitrogens is 2. The van der Waals surface area contributed by atoms with Crippen LogP contribution in [0.3, 0.4) is 0 Å². The quantitative estimate of drug-likeness (QED) is 0.400. The molecule has 3 heterocycles. The fourth-order valence-electron chi connectivity index (χ4n) is 3.89. The Morgan fingerprint density at radius 3 is 2.69 bits per heavy atom. The number of rotatable bonds is 5. The number of fused-ring (bicyclic) bond motifs is 1. The van der Waals surface area contributed by atoms with Gasteiger partial charge in [0.2, 0.25) is 10.0 Å². The molecule has 0 spiro atoms. The van der Waals surface area contributed by atoms with Gasteiger partial charge in [-0.15, -0.1) is 0 Å². The molecule has 1 N–H and O–H groups in total. The lowest BCUT2D eigenvalue weighted by Crippen LogP contribution is -2.41. The number of sulfonamides is 2. The summed E-state index contributed by atoms with van der Waals surface area (Å²) < 4.78 is 59.9. The second-order valence-corrected chi connectivity index (χ2v) is 12.3. The van der Waals surface area contributed by atoms with Crippen LogP contribution in [0.25, 0.3) is 22.2 Å². The summed E-state index contributed by atoms with van der Waals surface area (Å²) in [5.41, 5.74) is 3.73. The second-order valence-electron chi connectivity index (χ2n) is 8.22. The van der Waals surface area contributed by atoms with E-state index in [2.05, 4.69) is 14.7 Å². The molecule has 1 aliphatic heterocycles. The Morgan fingerprint density at radius 1 is 1.08 bits per heavy atom. The zero-order valence-corrected chi connectivity index (χ0v) is 21.4. The van der Waals surface area contributed by atoms with E-state index >= 15 is 0 Å². The third-order valence-corrected chi connectivity index (χ3v) is 9.31. The molecule has 1 fully saturated rings. The highest BCUT2D eigenvalue weighted by Crippen LogP contribution is 2.32. The van der Waals surface area contributed by atoms with E-state index in [-0.39, 0.29) is 34.7 Å². The van der Waals surface area contributed by atoms with E-state index in [0.717, 1.165) is 26.3 Å². The zero-order chi connectivity index (χ0) is 25.5. The molecule has 0 saturated carbocycles. The Morgan fingerprint density at radius 2 is 1.92 bits per heavy atom. The monoisotopic (exact) mass is 544 g/mol. The molecule has 0 amide bonds. The normalized spacial score (nSPS) is 15.7. The molecule has 5 rings (SSSR count). The predicted octanol–water partition coefficient (Wildman–Crippen LogP) is 4.18. The van der Waals surface area contributed by atoms with Crippen LogP contribution in [0, 0.1) is 6.92 Å². The first-order valence-electron chi connectivity index (χ1n) is 10.9. The molecule has 9 nitrogen and oxygen atoms in total. The van der Waals surface area contributed by atoms with Gasteiger partial charge in [0, 0.05) is 29.0 Å². The van der Waals surface area contributed by atoms with E-state index in [1.807, 2.05) is 25.1 Å². The molecule has 0 bridgehead atoms. The highest BCUT2D eigenvalue weighted by atomic mass is 35.5. The minimum atomic E-state index is -4.08. The molecular weight excluding hydrogens is 524 g/mol. The summed E-state index contributed by atoms with van der Waals surface area (Å²) >= 11 is 6.30. The van der Waals surface area contributed by atoms with Gasteiger partial charge in [-0.05, 0) is 61.0 Å². The van der Waals surface area contributed by atoms with Gasteiger partial charge >= 0.3 is 0 Å². The van der Waals surface area contributed by atoms with Crippen molar-refractivity contribution in [2.45, 2.75) is 11.8 Å². The van der Waals surface area contributed by atoms with Crippen LogP contribution in [-0.2, 0) is 24.8 Å². The Bertz CT molecular complexity index is 1690. The van der Waals surface area contributed by atoms with Crippen molar-refractivity contribution in [2.24, 2.45) is 0 Å². The van der Waals surface area contributed by atoms with Crippen LogP contribution >= 0.6 is 11.6 Å². The van der Waals surface area contributed by atoms with Crippen molar-refractivity contribution in [2.75, 3.05) is 28.1 Å². The van der Waals surface area contributed by atoms with E-state index in [0.29, 0.717) is 11.4 Å². The number of pyridine rings is 2. The summed E-state index contributed by atoms with van der Waals surface area (Å²) in [6.45, 7) is 1.86. The summed E-state index contributed by atoms with van der Waals surface area (Å²) in [7, 11) is -7.64. The predicted molar refractivity (Wildman–Crippen MR) is 139 cm³/mol. The fourth-order valence-corrected chi connectivity index (χ4v) is 6.70. The highest BCUT2D eigenvalue weighted by molar-refractivity contribution is 7.93. The number of ether oxygens (including phenoxy) is 1.